The third-order valence-corrected chi connectivity index (χ3v) is 4.76. The van der Waals surface area contributed by atoms with Gasteiger partial charge in [-0.05, 0) is 37.3 Å². The third-order valence-electron chi connectivity index (χ3n) is 4.76. The Labute approximate surface area is 150 Å². The summed E-state index contributed by atoms with van der Waals surface area (Å²) in [6.45, 7) is 2.29. The van der Waals surface area contributed by atoms with E-state index in [0.717, 1.165) is 33.4 Å². The lowest BCUT2D eigenvalue weighted by atomic mass is 10.1. The van der Waals surface area contributed by atoms with Crippen LogP contribution in [0, 0.1) is 6.92 Å². The number of carbonyl (C=O) groups excluding carboxylic acids is 1. The summed E-state index contributed by atoms with van der Waals surface area (Å²) in [5.41, 5.74) is 4.02. The molecule has 0 fully saturated rings. The third kappa shape index (κ3) is 2.48. The minimum absolute atomic E-state index is 0.131. The van der Waals surface area contributed by atoms with Crippen molar-refractivity contribution >= 4 is 27.8 Å². The number of nitrogens with one attached hydrogen (secondary N) is 2. The van der Waals surface area contributed by atoms with Gasteiger partial charge in [-0.15, -0.1) is 0 Å². The minimum Gasteiger partial charge on any atom is -0.497 e. The Kier molecular flexibility index (Phi) is 3.84. The quantitative estimate of drug-likeness (QED) is 0.593. The zero-order valence-corrected chi connectivity index (χ0v) is 14.8. The Balaban J connectivity index is 1.67. The number of methoxy groups -OCH3 is 1. The number of aryl methyl sites for hydroxylation is 1. The molecule has 2 N–H and O–H groups in total. The summed E-state index contributed by atoms with van der Waals surface area (Å²) in [4.78, 5) is 17.1. The lowest BCUT2D eigenvalue weighted by molar-refractivity contribution is 0.0951. The second-order valence-corrected chi connectivity index (χ2v) is 6.16. The first-order chi connectivity index (χ1) is 12.6. The van der Waals surface area contributed by atoms with Crippen molar-refractivity contribution in [3.05, 3.63) is 53.5 Å². The van der Waals surface area contributed by atoms with Crippen LogP contribution in [0.4, 0.5) is 0 Å². The zero-order chi connectivity index (χ0) is 18.3. The van der Waals surface area contributed by atoms with E-state index in [1.807, 2.05) is 48.9 Å². The standard InChI is InChI=1S/C19H19N5O2/c1-11-17(14-9-12(26-3)6-7-16(14)24(11)2)19(25)21-10-15-13-5-4-8-20-18(13)23-22-15/h4-9H,10H2,1-3H3,(H,21,25)(H,20,22,23). The van der Waals surface area contributed by atoms with Crippen molar-refractivity contribution in [1.82, 2.24) is 25.1 Å². The van der Waals surface area contributed by atoms with Crippen LogP contribution in [0.15, 0.2) is 36.5 Å². The van der Waals surface area contributed by atoms with E-state index in [-0.39, 0.29) is 5.91 Å². The van der Waals surface area contributed by atoms with Gasteiger partial charge >= 0.3 is 0 Å². The van der Waals surface area contributed by atoms with Crippen molar-refractivity contribution in [2.24, 2.45) is 7.05 Å². The summed E-state index contributed by atoms with van der Waals surface area (Å²) < 4.78 is 7.33. The minimum atomic E-state index is -0.131. The van der Waals surface area contributed by atoms with Crippen LogP contribution < -0.4 is 10.1 Å². The number of pyridine rings is 1. The summed E-state index contributed by atoms with van der Waals surface area (Å²) in [6.07, 6.45) is 1.69. The Morgan fingerprint density at radius 3 is 2.96 bits per heavy atom. The number of nitrogens with zero attached hydrogens (tertiary/aromatic N) is 3. The second kappa shape index (κ2) is 6.18. The van der Waals surface area contributed by atoms with Crippen molar-refractivity contribution in [2.75, 3.05) is 7.11 Å². The molecule has 132 valence electrons. The highest BCUT2D eigenvalue weighted by atomic mass is 16.5. The molecule has 4 aromatic rings. The molecular weight excluding hydrogens is 330 g/mol. The number of rotatable bonds is 4. The van der Waals surface area contributed by atoms with Gasteiger partial charge in [0, 0.05) is 35.2 Å². The highest BCUT2D eigenvalue weighted by molar-refractivity contribution is 6.08. The van der Waals surface area contributed by atoms with Gasteiger partial charge in [-0.1, -0.05) is 0 Å². The number of aromatic amines is 1. The maximum Gasteiger partial charge on any atom is 0.254 e. The highest BCUT2D eigenvalue weighted by Crippen LogP contribution is 2.28. The predicted octanol–water partition coefficient (Wildman–Crippen LogP) is 2.70. The van der Waals surface area contributed by atoms with Gasteiger partial charge in [0.05, 0.1) is 24.9 Å². The second-order valence-electron chi connectivity index (χ2n) is 6.16. The van der Waals surface area contributed by atoms with Gasteiger partial charge < -0.3 is 14.6 Å². The van der Waals surface area contributed by atoms with Crippen LogP contribution >= 0.6 is 0 Å². The maximum absolute atomic E-state index is 12.9. The highest BCUT2D eigenvalue weighted by Gasteiger charge is 2.19. The van der Waals surface area contributed by atoms with E-state index in [4.69, 9.17) is 4.74 Å². The van der Waals surface area contributed by atoms with Gasteiger partial charge in [-0.2, -0.15) is 5.10 Å². The number of carbonyl (C=O) groups is 1. The number of aromatic nitrogens is 4. The van der Waals surface area contributed by atoms with E-state index in [1.165, 1.54) is 0 Å². The molecule has 26 heavy (non-hydrogen) atoms. The van der Waals surface area contributed by atoms with E-state index < -0.39 is 0 Å². The number of H-pyrrole nitrogens is 1. The Morgan fingerprint density at radius 1 is 1.31 bits per heavy atom. The topological polar surface area (TPSA) is 84.8 Å². The molecule has 7 nitrogen and oxygen atoms in total. The fourth-order valence-corrected chi connectivity index (χ4v) is 3.26. The van der Waals surface area contributed by atoms with E-state index in [0.29, 0.717) is 17.8 Å². The molecule has 1 amide bonds. The van der Waals surface area contributed by atoms with Gasteiger partial charge in [0.25, 0.3) is 5.91 Å². The molecule has 0 saturated heterocycles. The van der Waals surface area contributed by atoms with Crippen molar-refractivity contribution < 1.29 is 9.53 Å². The summed E-state index contributed by atoms with van der Waals surface area (Å²) in [5, 5.41) is 11.9. The maximum atomic E-state index is 12.9. The first kappa shape index (κ1) is 16.1. The first-order valence-electron chi connectivity index (χ1n) is 8.29. The predicted molar refractivity (Wildman–Crippen MR) is 99.3 cm³/mol. The molecule has 3 heterocycles. The monoisotopic (exact) mass is 349 g/mol. The summed E-state index contributed by atoms with van der Waals surface area (Å²) >= 11 is 0. The van der Waals surface area contributed by atoms with Gasteiger partial charge in [-0.3, -0.25) is 9.89 Å². The number of ether oxygens (including phenoxy) is 1. The van der Waals surface area contributed by atoms with Crippen LogP contribution in [0.25, 0.3) is 21.9 Å². The van der Waals surface area contributed by atoms with Gasteiger partial charge in [0.1, 0.15) is 5.75 Å². The van der Waals surface area contributed by atoms with Gasteiger partial charge in [-0.25, -0.2) is 4.98 Å². The summed E-state index contributed by atoms with van der Waals surface area (Å²) in [6, 6.07) is 9.54. The Morgan fingerprint density at radius 2 is 2.15 bits per heavy atom. The lowest BCUT2D eigenvalue weighted by Gasteiger charge is -2.05. The zero-order valence-electron chi connectivity index (χ0n) is 14.8. The van der Waals surface area contributed by atoms with Crippen LogP contribution in [-0.2, 0) is 13.6 Å². The van der Waals surface area contributed by atoms with Crippen molar-refractivity contribution in [1.29, 1.82) is 0 Å². The number of fused-ring (bicyclic) bond motifs is 2. The summed E-state index contributed by atoms with van der Waals surface area (Å²) in [5.74, 6) is 0.593. The van der Waals surface area contributed by atoms with Crippen molar-refractivity contribution in [3.63, 3.8) is 0 Å². The van der Waals surface area contributed by atoms with E-state index in [9.17, 15) is 4.79 Å². The van der Waals surface area contributed by atoms with E-state index >= 15 is 0 Å². The van der Waals surface area contributed by atoms with E-state index in [1.54, 1.807) is 13.3 Å². The fraction of sp³-hybridized carbons (Fsp3) is 0.211. The number of amides is 1. The molecule has 0 aliphatic rings. The number of hydrogen-bond acceptors (Lipinski definition) is 4. The molecule has 3 aromatic heterocycles. The normalized spacial score (nSPS) is 11.2. The SMILES string of the molecule is COc1ccc2c(c1)c(C(=O)NCc1[nH]nc3ncccc13)c(C)n2C. The Bertz CT molecular complexity index is 1130. The lowest BCUT2D eigenvalue weighted by Crippen LogP contribution is -2.23. The molecule has 0 atom stereocenters. The number of hydrogen-bond donors (Lipinski definition) is 2. The molecule has 0 saturated carbocycles. The molecule has 7 heteroatoms. The largest absolute Gasteiger partial charge is 0.497 e. The molecule has 0 aliphatic heterocycles. The van der Waals surface area contributed by atoms with E-state index in [2.05, 4.69) is 20.5 Å². The van der Waals surface area contributed by atoms with Crippen molar-refractivity contribution in [2.45, 2.75) is 13.5 Å². The van der Waals surface area contributed by atoms with Crippen molar-refractivity contribution in [3.8, 4) is 5.75 Å². The average Bonchev–Trinajstić information content (AvgIpc) is 3.19. The average molecular weight is 349 g/mol. The molecule has 0 bridgehead atoms. The molecule has 0 aliphatic carbocycles. The smallest absolute Gasteiger partial charge is 0.254 e. The summed E-state index contributed by atoms with van der Waals surface area (Å²) in [7, 11) is 3.57. The molecule has 1 aromatic carbocycles. The first-order valence-corrected chi connectivity index (χ1v) is 8.29. The molecular formula is C19H19N5O2. The fourth-order valence-electron chi connectivity index (χ4n) is 3.26. The number of benzene rings is 1. The van der Waals surface area contributed by atoms with Crippen LogP contribution in [0.1, 0.15) is 21.7 Å². The van der Waals surface area contributed by atoms with Crippen LogP contribution in [-0.4, -0.2) is 32.8 Å². The molecule has 0 spiro atoms. The van der Waals surface area contributed by atoms with Crippen LogP contribution in [0.3, 0.4) is 0 Å². The molecule has 0 unspecified atom stereocenters. The molecule has 0 radical (unpaired) electrons. The molecule has 4 rings (SSSR count). The van der Waals surface area contributed by atoms with Gasteiger partial charge in [0.2, 0.25) is 0 Å². The van der Waals surface area contributed by atoms with Crippen LogP contribution in [0.2, 0.25) is 0 Å². The van der Waals surface area contributed by atoms with Gasteiger partial charge in [0.15, 0.2) is 5.65 Å². The van der Waals surface area contributed by atoms with Crippen LogP contribution in [0.5, 0.6) is 5.75 Å². The Hall–Kier alpha value is -3.35.